The lowest BCUT2D eigenvalue weighted by Crippen LogP contribution is -2.14. The Morgan fingerprint density at radius 1 is 1.07 bits per heavy atom. The molecule has 0 radical (unpaired) electrons. The molecule has 0 spiro atoms. The fraction of sp³-hybridized carbons (Fsp3) is 0.300. The van der Waals surface area contributed by atoms with E-state index in [1.54, 1.807) is 36.4 Å². The zero-order valence-corrected chi connectivity index (χ0v) is 18.5. The zero-order chi connectivity index (χ0) is 20.8. The molecule has 0 saturated heterocycles. The number of benzene rings is 1. The molecule has 2 heterocycles. The van der Waals surface area contributed by atoms with Gasteiger partial charge in [-0.3, -0.25) is 9.59 Å². The second-order valence-corrected chi connectivity index (χ2v) is 8.23. The van der Waals surface area contributed by atoms with E-state index in [9.17, 15) is 9.59 Å². The summed E-state index contributed by atoms with van der Waals surface area (Å²) in [6.07, 6.45) is 2.21. The summed E-state index contributed by atoms with van der Waals surface area (Å²) < 4.78 is 5.71. The highest BCUT2D eigenvalue weighted by Crippen LogP contribution is 2.28. The van der Waals surface area contributed by atoms with Gasteiger partial charge in [-0.15, -0.1) is 10.2 Å². The van der Waals surface area contributed by atoms with Gasteiger partial charge in [0.1, 0.15) is 5.01 Å². The molecule has 0 aliphatic rings. The van der Waals surface area contributed by atoms with Crippen LogP contribution in [0.2, 0.25) is 0 Å². The van der Waals surface area contributed by atoms with Crippen molar-refractivity contribution in [3.05, 3.63) is 57.4 Å². The van der Waals surface area contributed by atoms with Crippen LogP contribution in [0.15, 0.2) is 45.5 Å². The predicted molar refractivity (Wildman–Crippen MR) is 116 cm³/mol. The van der Waals surface area contributed by atoms with E-state index in [0.717, 1.165) is 23.4 Å². The number of carbonyl (C=O) groups is 2. The monoisotopic (exact) mass is 476 g/mol. The van der Waals surface area contributed by atoms with Crippen LogP contribution in [0, 0.1) is 0 Å². The van der Waals surface area contributed by atoms with Crippen LogP contribution in [0.25, 0.3) is 0 Å². The molecular weight excluding hydrogens is 456 g/mol. The van der Waals surface area contributed by atoms with Gasteiger partial charge in [0.25, 0.3) is 5.91 Å². The van der Waals surface area contributed by atoms with Crippen molar-refractivity contribution < 1.29 is 14.0 Å². The van der Waals surface area contributed by atoms with Crippen LogP contribution in [0.3, 0.4) is 0 Å². The van der Waals surface area contributed by atoms with Crippen LogP contribution < -0.4 is 10.6 Å². The third-order valence-electron chi connectivity index (χ3n) is 4.40. The minimum Gasteiger partial charge on any atom is -0.444 e. The van der Waals surface area contributed by atoms with Crippen LogP contribution >= 0.6 is 27.3 Å². The molecule has 29 heavy (non-hydrogen) atoms. The molecule has 7 nitrogen and oxygen atoms in total. The maximum Gasteiger partial charge on any atom is 0.291 e. The Labute approximate surface area is 181 Å². The Hall–Kier alpha value is -2.52. The molecule has 0 fully saturated rings. The number of carbonyl (C=O) groups excluding carboxylic acids is 2. The highest BCUT2D eigenvalue weighted by molar-refractivity contribution is 9.10. The van der Waals surface area contributed by atoms with E-state index >= 15 is 0 Å². The quantitative estimate of drug-likeness (QED) is 0.463. The lowest BCUT2D eigenvalue weighted by atomic mass is 10.1. The number of amides is 2. The number of furan rings is 1. The zero-order valence-electron chi connectivity index (χ0n) is 16.1. The molecule has 0 bridgehead atoms. The van der Waals surface area contributed by atoms with E-state index in [2.05, 4.69) is 50.6 Å². The summed E-state index contributed by atoms with van der Waals surface area (Å²) in [5, 5.41) is 15.3. The number of nitrogens with zero attached hydrogens (tertiary/aromatic N) is 2. The van der Waals surface area contributed by atoms with Gasteiger partial charge < -0.3 is 15.1 Å². The number of anilines is 2. The van der Waals surface area contributed by atoms with Crippen LogP contribution in [-0.2, 0) is 11.2 Å². The second kappa shape index (κ2) is 9.80. The van der Waals surface area contributed by atoms with E-state index in [1.165, 1.54) is 11.3 Å². The Bertz CT molecular complexity index is 980. The molecule has 0 aliphatic carbocycles. The van der Waals surface area contributed by atoms with Crippen molar-refractivity contribution in [2.45, 2.75) is 39.0 Å². The summed E-state index contributed by atoms with van der Waals surface area (Å²) in [6, 6.07) is 10.3. The first-order chi connectivity index (χ1) is 14.0. The van der Waals surface area contributed by atoms with Crippen molar-refractivity contribution in [2.75, 3.05) is 10.6 Å². The van der Waals surface area contributed by atoms with Gasteiger partial charge in [-0.2, -0.15) is 0 Å². The van der Waals surface area contributed by atoms with Crippen LogP contribution in [0.4, 0.5) is 10.8 Å². The molecule has 2 amide bonds. The molecule has 152 valence electrons. The molecule has 0 unspecified atom stereocenters. The normalized spacial score (nSPS) is 10.9. The first kappa shape index (κ1) is 21.2. The lowest BCUT2D eigenvalue weighted by Gasteiger charge is -2.06. The third-order valence-corrected chi connectivity index (χ3v) is 5.82. The number of aromatic nitrogens is 2. The molecule has 0 atom stereocenters. The predicted octanol–water partition coefficient (Wildman–Crippen LogP) is 5.23. The fourth-order valence-electron chi connectivity index (χ4n) is 2.77. The summed E-state index contributed by atoms with van der Waals surface area (Å²) in [5.41, 5.74) is 1.44. The Kier molecular flexibility index (Phi) is 7.16. The van der Waals surface area contributed by atoms with Crippen molar-refractivity contribution in [1.82, 2.24) is 10.2 Å². The van der Waals surface area contributed by atoms with Gasteiger partial charge in [0.05, 0.1) is 6.42 Å². The van der Waals surface area contributed by atoms with Crippen molar-refractivity contribution in [1.29, 1.82) is 0 Å². The molecule has 2 N–H and O–H groups in total. The van der Waals surface area contributed by atoms with Crippen LogP contribution in [0.5, 0.6) is 0 Å². The van der Waals surface area contributed by atoms with E-state index in [4.69, 9.17) is 4.42 Å². The van der Waals surface area contributed by atoms with Crippen molar-refractivity contribution in [2.24, 2.45) is 0 Å². The average Bonchev–Trinajstić information content (AvgIpc) is 3.34. The lowest BCUT2D eigenvalue weighted by molar-refractivity contribution is -0.115. The Morgan fingerprint density at radius 2 is 1.79 bits per heavy atom. The van der Waals surface area contributed by atoms with Gasteiger partial charge in [0.15, 0.2) is 10.4 Å². The van der Waals surface area contributed by atoms with E-state index < -0.39 is 0 Å². The summed E-state index contributed by atoms with van der Waals surface area (Å²) >= 11 is 4.59. The largest absolute Gasteiger partial charge is 0.444 e. The summed E-state index contributed by atoms with van der Waals surface area (Å²) in [7, 11) is 0. The Balaban J connectivity index is 1.54. The smallest absolute Gasteiger partial charge is 0.291 e. The van der Waals surface area contributed by atoms with Crippen LogP contribution in [0.1, 0.15) is 53.7 Å². The molecule has 2 aromatic heterocycles. The maximum absolute atomic E-state index is 12.3. The standard InChI is InChI=1S/C20H21BrN4O3S/c1-3-13(4-2)19-24-25-20(29-19)23-17(26)11-12-5-7-14(8-6-12)22-18(27)15-9-10-16(21)28-15/h5-10,13H,3-4,11H2,1-2H3,(H,22,27)(H,23,25,26). The Morgan fingerprint density at radius 3 is 2.41 bits per heavy atom. The van der Waals surface area contributed by atoms with E-state index in [-0.39, 0.29) is 24.0 Å². The summed E-state index contributed by atoms with van der Waals surface area (Å²) in [4.78, 5) is 24.4. The summed E-state index contributed by atoms with van der Waals surface area (Å²) in [5.74, 6) is 0.0912. The fourth-order valence-corrected chi connectivity index (χ4v) is 4.10. The highest BCUT2D eigenvalue weighted by atomic mass is 79.9. The number of rotatable bonds is 8. The molecule has 3 rings (SSSR count). The number of hydrogen-bond acceptors (Lipinski definition) is 6. The number of hydrogen-bond donors (Lipinski definition) is 2. The molecule has 0 aliphatic heterocycles. The topological polar surface area (TPSA) is 97.1 Å². The van der Waals surface area contributed by atoms with Crippen molar-refractivity contribution >= 4 is 49.9 Å². The van der Waals surface area contributed by atoms with Gasteiger partial charge in [-0.05, 0) is 58.6 Å². The van der Waals surface area contributed by atoms with Gasteiger partial charge in [-0.1, -0.05) is 37.3 Å². The van der Waals surface area contributed by atoms with Crippen molar-refractivity contribution in [3.8, 4) is 0 Å². The molecule has 9 heteroatoms. The van der Waals surface area contributed by atoms with Gasteiger partial charge in [-0.25, -0.2) is 0 Å². The molecule has 0 saturated carbocycles. The van der Waals surface area contributed by atoms with Crippen LogP contribution in [-0.4, -0.2) is 22.0 Å². The average molecular weight is 477 g/mol. The minimum atomic E-state index is -0.342. The van der Waals surface area contributed by atoms with Gasteiger partial charge in [0.2, 0.25) is 11.0 Å². The second-order valence-electron chi connectivity index (χ2n) is 6.44. The summed E-state index contributed by atoms with van der Waals surface area (Å²) in [6.45, 7) is 4.24. The van der Waals surface area contributed by atoms with Gasteiger partial charge >= 0.3 is 0 Å². The first-order valence-corrected chi connectivity index (χ1v) is 10.9. The third kappa shape index (κ3) is 5.74. The SMILES string of the molecule is CCC(CC)c1nnc(NC(=O)Cc2ccc(NC(=O)c3ccc(Br)o3)cc2)s1. The number of halogens is 1. The van der Waals surface area contributed by atoms with E-state index in [0.29, 0.717) is 21.4 Å². The van der Waals surface area contributed by atoms with Crippen molar-refractivity contribution in [3.63, 3.8) is 0 Å². The van der Waals surface area contributed by atoms with Gasteiger partial charge in [0, 0.05) is 11.6 Å². The highest BCUT2D eigenvalue weighted by Gasteiger charge is 2.15. The first-order valence-electron chi connectivity index (χ1n) is 9.27. The molecule has 1 aromatic carbocycles. The molecular formula is C20H21BrN4O3S. The van der Waals surface area contributed by atoms with E-state index in [1.807, 2.05) is 0 Å². The minimum absolute atomic E-state index is 0.158. The number of nitrogens with one attached hydrogen (secondary N) is 2. The molecule has 3 aromatic rings. The maximum atomic E-state index is 12.3.